The van der Waals surface area contributed by atoms with Crippen LogP contribution in [-0.4, -0.2) is 65.2 Å². The lowest BCUT2D eigenvalue weighted by molar-refractivity contribution is -0.125. The molecule has 1 saturated heterocycles. The molecule has 3 N–H and O–H groups in total. The van der Waals surface area contributed by atoms with Gasteiger partial charge in [-0.15, -0.1) is 0 Å². The van der Waals surface area contributed by atoms with Crippen molar-refractivity contribution in [3.05, 3.63) is 0 Å². The van der Waals surface area contributed by atoms with Crippen LogP contribution in [0.3, 0.4) is 0 Å². The Labute approximate surface area is 97.2 Å². The van der Waals surface area contributed by atoms with Gasteiger partial charge in [-0.1, -0.05) is 0 Å². The maximum atomic E-state index is 11.1. The number of nitrogens with zero attached hydrogens (tertiary/aromatic N) is 2. The van der Waals surface area contributed by atoms with E-state index in [0.29, 0.717) is 0 Å². The Balaban J connectivity index is 2.51. The smallest absolute Gasteiger partial charge is 0.237 e. The van der Waals surface area contributed by atoms with Crippen LogP contribution in [0.4, 0.5) is 0 Å². The van der Waals surface area contributed by atoms with Crippen LogP contribution in [0, 0.1) is 0 Å². The van der Waals surface area contributed by atoms with E-state index in [1.54, 1.807) is 0 Å². The molecule has 5 heteroatoms. The zero-order valence-electron chi connectivity index (χ0n) is 10.4. The number of hydrogen-bond acceptors (Lipinski definition) is 4. The lowest BCUT2D eigenvalue weighted by Crippen LogP contribution is -2.58. The van der Waals surface area contributed by atoms with Crippen LogP contribution in [0.25, 0.3) is 0 Å². The number of primary amides is 1. The van der Waals surface area contributed by atoms with E-state index in [-0.39, 0.29) is 12.1 Å². The first-order valence-electron chi connectivity index (χ1n) is 5.75. The first-order valence-corrected chi connectivity index (χ1v) is 5.75. The van der Waals surface area contributed by atoms with Crippen molar-refractivity contribution in [3.8, 4) is 0 Å². The van der Waals surface area contributed by atoms with Crippen LogP contribution in [0.15, 0.2) is 0 Å². The normalized spacial score (nSPS) is 22.0. The standard InChI is InChI=1S/C11H23N3O2/c1-11(2,3)14-6-4-13(5-7-14)9(8-15)10(12)16/h9,15H,4-8H2,1-3H3,(H2,12,16)/t9-/m0/s1. The molecule has 1 aliphatic rings. The molecule has 94 valence electrons. The van der Waals surface area contributed by atoms with Gasteiger partial charge in [-0.2, -0.15) is 0 Å². The molecule has 1 atom stereocenters. The van der Waals surface area contributed by atoms with Crippen molar-refractivity contribution in [2.75, 3.05) is 32.8 Å². The van der Waals surface area contributed by atoms with Gasteiger partial charge in [0.2, 0.25) is 5.91 Å². The molecule has 0 aromatic heterocycles. The molecule has 0 bridgehead atoms. The van der Waals surface area contributed by atoms with Gasteiger partial charge in [0.15, 0.2) is 0 Å². The van der Waals surface area contributed by atoms with E-state index < -0.39 is 11.9 Å². The third-order valence-corrected chi connectivity index (χ3v) is 3.21. The number of aliphatic hydroxyl groups excluding tert-OH is 1. The molecule has 0 saturated carbocycles. The minimum Gasteiger partial charge on any atom is -0.394 e. The molecule has 0 aliphatic carbocycles. The topological polar surface area (TPSA) is 69.8 Å². The highest BCUT2D eigenvalue weighted by atomic mass is 16.3. The second kappa shape index (κ2) is 5.12. The molecular weight excluding hydrogens is 206 g/mol. The summed E-state index contributed by atoms with van der Waals surface area (Å²) < 4.78 is 0. The third kappa shape index (κ3) is 3.17. The molecule has 16 heavy (non-hydrogen) atoms. The minimum absolute atomic E-state index is 0.160. The van der Waals surface area contributed by atoms with Crippen LogP contribution in [0.1, 0.15) is 20.8 Å². The van der Waals surface area contributed by atoms with E-state index in [2.05, 4.69) is 25.7 Å². The fraction of sp³-hybridized carbons (Fsp3) is 0.909. The number of carbonyl (C=O) groups is 1. The number of aliphatic hydroxyl groups is 1. The Kier molecular flexibility index (Phi) is 4.29. The number of amides is 1. The molecule has 0 spiro atoms. The van der Waals surface area contributed by atoms with Gasteiger partial charge in [0, 0.05) is 31.7 Å². The highest BCUT2D eigenvalue weighted by Gasteiger charge is 2.30. The van der Waals surface area contributed by atoms with E-state index in [1.165, 1.54) is 0 Å². The summed E-state index contributed by atoms with van der Waals surface area (Å²) in [5, 5.41) is 9.12. The Hall–Kier alpha value is -0.650. The summed E-state index contributed by atoms with van der Waals surface area (Å²) in [4.78, 5) is 15.5. The average Bonchev–Trinajstić information content (AvgIpc) is 2.17. The molecule has 5 nitrogen and oxygen atoms in total. The van der Waals surface area contributed by atoms with Gasteiger partial charge < -0.3 is 10.8 Å². The molecule has 0 radical (unpaired) electrons. The van der Waals surface area contributed by atoms with Gasteiger partial charge in [0.25, 0.3) is 0 Å². The molecule has 1 amide bonds. The van der Waals surface area contributed by atoms with Crippen molar-refractivity contribution < 1.29 is 9.90 Å². The lowest BCUT2D eigenvalue weighted by atomic mass is 10.0. The number of hydrogen-bond donors (Lipinski definition) is 2. The first kappa shape index (κ1) is 13.4. The molecule has 0 unspecified atom stereocenters. The maximum absolute atomic E-state index is 11.1. The van der Waals surface area contributed by atoms with Gasteiger partial charge in [-0.25, -0.2) is 0 Å². The molecular formula is C11H23N3O2. The maximum Gasteiger partial charge on any atom is 0.237 e. The fourth-order valence-electron chi connectivity index (χ4n) is 2.09. The summed E-state index contributed by atoms with van der Waals surface area (Å²) in [6, 6.07) is -0.526. The number of rotatable bonds is 3. The summed E-state index contributed by atoms with van der Waals surface area (Å²) in [5.74, 6) is -0.438. The quantitative estimate of drug-likeness (QED) is 0.668. The van der Waals surface area contributed by atoms with Crippen molar-refractivity contribution in [1.82, 2.24) is 9.80 Å². The summed E-state index contributed by atoms with van der Waals surface area (Å²) in [7, 11) is 0. The minimum atomic E-state index is -0.526. The van der Waals surface area contributed by atoms with E-state index >= 15 is 0 Å². The Morgan fingerprint density at radius 3 is 2.12 bits per heavy atom. The Morgan fingerprint density at radius 2 is 1.81 bits per heavy atom. The van der Waals surface area contributed by atoms with Gasteiger partial charge >= 0.3 is 0 Å². The molecule has 1 rings (SSSR count). The predicted octanol–water partition coefficient (Wildman–Crippen LogP) is -0.751. The SMILES string of the molecule is CC(C)(C)N1CCN([C@@H](CO)C(N)=O)CC1. The highest BCUT2D eigenvalue weighted by molar-refractivity contribution is 5.80. The average molecular weight is 229 g/mol. The van der Waals surface area contributed by atoms with E-state index in [9.17, 15) is 4.79 Å². The predicted molar refractivity (Wildman–Crippen MR) is 63.0 cm³/mol. The highest BCUT2D eigenvalue weighted by Crippen LogP contribution is 2.16. The van der Waals surface area contributed by atoms with E-state index in [0.717, 1.165) is 26.2 Å². The van der Waals surface area contributed by atoms with Crippen molar-refractivity contribution in [2.45, 2.75) is 32.4 Å². The van der Waals surface area contributed by atoms with Gasteiger partial charge in [-0.05, 0) is 20.8 Å². The van der Waals surface area contributed by atoms with Gasteiger partial charge in [-0.3, -0.25) is 14.6 Å². The van der Waals surface area contributed by atoms with Gasteiger partial charge in [0.05, 0.1) is 6.61 Å². The molecule has 0 aromatic rings. The van der Waals surface area contributed by atoms with Crippen molar-refractivity contribution in [1.29, 1.82) is 0 Å². The Morgan fingerprint density at radius 1 is 1.31 bits per heavy atom. The fourth-order valence-corrected chi connectivity index (χ4v) is 2.09. The summed E-state index contributed by atoms with van der Waals surface area (Å²) in [5.41, 5.74) is 5.40. The zero-order valence-corrected chi connectivity index (χ0v) is 10.4. The number of piperazine rings is 1. The lowest BCUT2D eigenvalue weighted by Gasteiger charge is -2.43. The van der Waals surface area contributed by atoms with Crippen LogP contribution in [0.5, 0.6) is 0 Å². The first-order chi connectivity index (χ1) is 7.36. The summed E-state index contributed by atoms with van der Waals surface area (Å²) >= 11 is 0. The number of nitrogens with two attached hydrogens (primary N) is 1. The van der Waals surface area contributed by atoms with E-state index in [1.807, 2.05) is 4.90 Å². The van der Waals surface area contributed by atoms with Crippen LogP contribution in [-0.2, 0) is 4.79 Å². The summed E-state index contributed by atoms with van der Waals surface area (Å²) in [6.45, 7) is 9.74. The monoisotopic (exact) mass is 229 g/mol. The number of carbonyl (C=O) groups excluding carboxylic acids is 1. The summed E-state index contributed by atoms with van der Waals surface area (Å²) in [6.07, 6.45) is 0. The zero-order chi connectivity index (χ0) is 12.3. The molecule has 0 aromatic carbocycles. The van der Waals surface area contributed by atoms with Crippen molar-refractivity contribution >= 4 is 5.91 Å². The van der Waals surface area contributed by atoms with Crippen LogP contribution < -0.4 is 5.73 Å². The van der Waals surface area contributed by atoms with Crippen molar-refractivity contribution in [2.24, 2.45) is 5.73 Å². The van der Waals surface area contributed by atoms with Gasteiger partial charge in [0.1, 0.15) is 6.04 Å². The molecule has 1 aliphatic heterocycles. The van der Waals surface area contributed by atoms with Crippen LogP contribution in [0.2, 0.25) is 0 Å². The molecule has 1 heterocycles. The molecule has 1 fully saturated rings. The second-order valence-corrected chi connectivity index (χ2v) is 5.29. The van der Waals surface area contributed by atoms with Crippen molar-refractivity contribution in [3.63, 3.8) is 0 Å². The van der Waals surface area contributed by atoms with E-state index in [4.69, 9.17) is 10.8 Å². The third-order valence-electron chi connectivity index (χ3n) is 3.21. The second-order valence-electron chi connectivity index (χ2n) is 5.29. The Bertz CT molecular complexity index is 242. The van der Waals surface area contributed by atoms with Crippen LogP contribution >= 0.6 is 0 Å². The largest absolute Gasteiger partial charge is 0.394 e.